The fourth-order valence-corrected chi connectivity index (χ4v) is 2.09. The number of halogens is 1. The second kappa shape index (κ2) is 9.18. The number of hydrogen-bond acceptors (Lipinski definition) is 3. The maximum Gasteiger partial charge on any atom is 0.243 e. The Hall–Kier alpha value is -2.04. The SMILES string of the molecule is Cc1ccc(OCCN(C)C(=O)C(N)c2ccccc2)cc1.Cl. The lowest BCUT2D eigenvalue weighted by Crippen LogP contribution is -2.38. The molecule has 0 saturated carbocycles. The van der Waals surface area contributed by atoms with Crippen molar-refractivity contribution in [2.24, 2.45) is 5.73 Å². The average Bonchev–Trinajstić information content (AvgIpc) is 2.56. The van der Waals surface area contributed by atoms with Gasteiger partial charge in [-0.3, -0.25) is 4.79 Å². The van der Waals surface area contributed by atoms with Crippen LogP contribution in [-0.4, -0.2) is 31.0 Å². The monoisotopic (exact) mass is 334 g/mol. The molecule has 5 heteroatoms. The summed E-state index contributed by atoms with van der Waals surface area (Å²) in [6, 6.07) is 16.6. The summed E-state index contributed by atoms with van der Waals surface area (Å²) in [6.45, 7) is 2.96. The van der Waals surface area contributed by atoms with Gasteiger partial charge >= 0.3 is 0 Å². The molecule has 0 aliphatic carbocycles. The van der Waals surface area contributed by atoms with Crippen LogP contribution in [0.2, 0.25) is 0 Å². The lowest BCUT2D eigenvalue weighted by atomic mass is 10.1. The molecule has 2 aromatic carbocycles. The van der Waals surface area contributed by atoms with Crippen LogP contribution in [0.1, 0.15) is 17.2 Å². The fraction of sp³-hybridized carbons (Fsp3) is 0.278. The maximum atomic E-state index is 12.3. The molecule has 0 spiro atoms. The molecule has 1 unspecified atom stereocenters. The van der Waals surface area contributed by atoms with Gasteiger partial charge in [0, 0.05) is 7.05 Å². The standard InChI is InChI=1S/C18H22N2O2.ClH/c1-14-8-10-16(11-9-14)22-13-12-20(2)18(21)17(19)15-6-4-3-5-7-15;/h3-11,17H,12-13,19H2,1-2H3;1H. The highest BCUT2D eigenvalue weighted by molar-refractivity contribution is 5.85. The highest BCUT2D eigenvalue weighted by Crippen LogP contribution is 2.13. The molecule has 2 aromatic rings. The Bertz CT molecular complexity index is 602. The van der Waals surface area contributed by atoms with E-state index in [2.05, 4.69) is 0 Å². The summed E-state index contributed by atoms with van der Waals surface area (Å²) in [5.74, 6) is 0.692. The van der Waals surface area contributed by atoms with Crippen molar-refractivity contribution >= 4 is 18.3 Å². The van der Waals surface area contributed by atoms with E-state index in [1.807, 2.05) is 61.5 Å². The van der Waals surface area contributed by atoms with E-state index in [1.165, 1.54) is 5.56 Å². The van der Waals surface area contributed by atoms with Crippen molar-refractivity contribution in [2.45, 2.75) is 13.0 Å². The second-order valence-corrected chi connectivity index (χ2v) is 5.31. The molecule has 23 heavy (non-hydrogen) atoms. The van der Waals surface area contributed by atoms with Crippen molar-refractivity contribution in [1.29, 1.82) is 0 Å². The molecule has 0 saturated heterocycles. The number of hydrogen-bond donors (Lipinski definition) is 1. The minimum absolute atomic E-state index is 0. The first-order valence-electron chi connectivity index (χ1n) is 7.33. The number of amides is 1. The molecule has 0 radical (unpaired) electrons. The van der Waals surface area contributed by atoms with Gasteiger partial charge in [-0.25, -0.2) is 0 Å². The fourth-order valence-electron chi connectivity index (χ4n) is 2.09. The third-order valence-corrected chi connectivity index (χ3v) is 3.52. The first-order chi connectivity index (χ1) is 10.6. The number of aryl methyl sites for hydroxylation is 1. The maximum absolute atomic E-state index is 12.3. The molecule has 2 rings (SSSR count). The van der Waals surface area contributed by atoms with Gasteiger partial charge in [-0.1, -0.05) is 48.0 Å². The summed E-state index contributed by atoms with van der Waals surface area (Å²) < 4.78 is 5.63. The molecule has 1 amide bonds. The molecule has 0 bridgehead atoms. The smallest absolute Gasteiger partial charge is 0.243 e. The summed E-state index contributed by atoms with van der Waals surface area (Å²) >= 11 is 0. The minimum Gasteiger partial charge on any atom is -0.492 e. The van der Waals surface area contributed by atoms with Crippen molar-refractivity contribution in [3.05, 3.63) is 65.7 Å². The molecule has 1 atom stereocenters. The van der Waals surface area contributed by atoms with Gasteiger partial charge in [0.2, 0.25) is 5.91 Å². The Kier molecular flexibility index (Phi) is 7.59. The van der Waals surface area contributed by atoms with E-state index >= 15 is 0 Å². The zero-order valence-electron chi connectivity index (χ0n) is 13.4. The van der Waals surface area contributed by atoms with Crippen LogP contribution >= 0.6 is 12.4 Å². The molecular weight excluding hydrogens is 312 g/mol. The van der Waals surface area contributed by atoms with Gasteiger partial charge < -0.3 is 15.4 Å². The number of nitrogens with zero attached hydrogens (tertiary/aromatic N) is 1. The van der Waals surface area contributed by atoms with Gasteiger partial charge in [0.05, 0.1) is 6.54 Å². The molecule has 0 aromatic heterocycles. The average molecular weight is 335 g/mol. The molecule has 0 aliphatic rings. The lowest BCUT2D eigenvalue weighted by Gasteiger charge is -2.21. The van der Waals surface area contributed by atoms with Gasteiger partial charge in [-0.15, -0.1) is 12.4 Å². The van der Waals surface area contributed by atoms with Gasteiger partial charge in [0.1, 0.15) is 18.4 Å². The predicted octanol–water partition coefficient (Wildman–Crippen LogP) is 2.95. The summed E-state index contributed by atoms with van der Waals surface area (Å²) in [5.41, 5.74) is 8.01. The summed E-state index contributed by atoms with van der Waals surface area (Å²) in [4.78, 5) is 13.9. The molecule has 124 valence electrons. The third-order valence-electron chi connectivity index (χ3n) is 3.52. The number of rotatable bonds is 6. The van der Waals surface area contributed by atoms with Crippen molar-refractivity contribution in [1.82, 2.24) is 4.90 Å². The summed E-state index contributed by atoms with van der Waals surface area (Å²) in [7, 11) is 1.74. The van der Waals surface area contributed by atoms with E-state index in [0.29, 0.717) is 13.2 Å². The largest absolute Gasteiger partial charge is 0.492 e. The van der Waals surface area contributed by atoms with Gasteiger partial charge in [-0.05, 0) is 24.6 Å². The van der Waals surface area contributed by atoms with Crippen LogP contribution in [0, 0.1) is 6.92 Å². The van der Waals surface area contributed by atoms with Crippen LogP contribution in [0.5, 0.6) is 5.75 Å². The van der Waals surface area contributed by atoms with Crippen molar-refractivity contribution in [3.63, 3.8) is 0 Å². The number of ether oxygens (including phenoxy) is 1. The molecule has 4 nitrogen and oxygen atoms in total. The Morgan fingerprint density at radius 2 is 1.74 bits per heavy atom. The first-order valence-corrected chi connectivity index (χ1v) is 7.33. The number of carbonyl (C=O) groups excluding carboxylic acids is 1. The quantitative estimate of drug-likeness (QED) is 0.883. The Morgan fingerprint density at radius 1 is 1.13 bits per heavy atom. The van der Waals surface area contributed by atoms with E-state index in [4.69, 9.17) is 10.5 Å². The second-order valence-electron chi connectivity index (χ2n) is 5.31. The van der Waals surface area contributed by atoms with Crippen LogP contribution in [0.3, 0.4) is 0 Å². The van der Waals surface area contributed by atoms with Gasteiger partial charge in [0.25, 0.3) is 0 Å². The Labute approximate surface area is 143 Å². The van der Waals surface area contributed by atoms with Crippen LogP contribution < -0.4 is 10.5 Å². The van der Waals surface area contributed by atoms with E-state index < -0.39 is 6.04 Å². The minimum atomic E-state index is -0.634. The Balaban J connectivity index is 0.00000264. The van der Waals surface area contributed by atoms with E-state index in [9.17, 15) is 4.79 Å². The Morgan fingerprint density at radius 3 is 2.35 bits per heavy atom. The van der Waals surface area contributed by atoms with E-state index in [0.717, 1.165) is 11.3 Å². The zero-order valence-corrected chi connectivity index (χ0v) is 14.3. The van der Waals surface area contributed by atoms with Crippen LogP contribution in [0.15, 0.2) is 54.6 Å². The third kappa shape index (κ3) is 5.58. The van der Waals surface area contributed by atoms with Gasteiger partial charge in [-0.2, -0.15) is 0 Å². The van der Waals surface area contributed by atoms with Gasteiger partial charge in [0.15, 0.2) is 0 Å². The van der Waals surface area contributed by atoms with E-state index in [1.54, 1.807) is 11.9 Å². The normalized spacial score (nSPS) is 11.3. The van der Waals surface area contributed by atoms with Crippen molar-refractivity contribution in [2.75, 3.05) is 20.2 Å². The number of likely N-dealkylation sites (N-methyl/N-ethyl adjacent to an activating group) is 1. The topological polar surface area (TPSA) is 55.6 Å². The molecule has 0 aliphatic heterocycles. The highest BCUT2D eigenvalue weighted by Gasteiger charge is 2.19. The van der Waals surface area contributed by atoms with Crippen LogP contribution in [0.4, 0.5) is 0 Å². The molecular formula is C18H23ClN2O2. The van der Waals surface area contributed by atoms with Crippen molar-refractivity contribution in [3.8, 4) is 5.75 Å². The van der Waals surface area contributed by atoms with Crippen molar-refractivity contribution < 1.29 is 9.53 Å². The number of benzene rings is 2. The zero-order chi connectivity index (χ0) is 15.9. The lowest BCUT2D eigenvalue weighted by molar-refractivity contribution is -0.131. The highest BCUT2D eigenvalue weighted by atomic mass is 35.5. The molecule has 0 fully saturated rings. The van der Waals surface area contributed by atoms with Crippen LogP contribution in [-0.2, 0) is 4.79 Å². The number of carbonyl (C=O) groups is 1. The summed E-state index contributed by atoms with van der Waals surface area (Å²) in [6.07, 6.45) is 0. The van der Waals surface area contributed by atoms with Crippen LogP contribution in [0.25, 0.3) is 0 Å². The predicted molar refractivity (Wildman–Crippen MR) is 94.9 cm³/mol. The van der Waals surface area contributed by atoms with E-state index in [-0.39, 0.29) is 18.3 Å². The molecule has 0 heterocycles. The number of nitrogens with two attached hydrogens (primary N) is 1. The molecule has 2 N–H and O–H groups in total. The summed E-state index contributed by atoms with van der Waals surface area (Å²) in [5, 5.41) is 0. The first kappa shape index (κ1) is 19.0.